The summed E-state index contributed by atoms with van der Waals surface area (Å²) in [6.45, 7) is 1.67. The number of carbonyl (C=O) groups excluding carboxylic acids is 1. The van der Waals surface area contributed by atoms with Gasteiger partial charge in [-0.1, -0.05) is 6.07 Å². The number of aliphatic hydroxyl groups is 1. The lowest BCUT2D eigenvalue weighted by atomic mass is 9.89. The van der Waals surface area contributed by atoms with Gasteiger partial charge in [0, 0.05) is 6.20 Å². The Morgan fingerprint density at radius 1 is 1.14 bits per heavy atom. The predicted octanol–water partition coefficient (Wildman–Crippen LogP) is 3.83. The minimum atomic E-state index is -1.28. The fourth-order valence-corrected chi connectivity index (χ4v) is 3.40. The van der Waals surface area contributed by atoms with Crippen LogP contribution in [0.2, 0.25) is 0 Å². The van der Waals surface area contributed by atoms with Crippen molar-refractivity contribution >= 4 is 17.3 Å². The molecule has 1 saturated heterocycles. The van der Waals surface area contributed by atoms with Crippen LogP contribution < -0.4 is 5.32 Å². The SMILES string of the molecule is Cc1ccc(Nc2c(C(=O)N3CC(O)(c4ccc[nH]4)C3)ccc(F)c2F)c(F)c1. The number of hydrogen-bond acceptors (Lipinski definition) is 3. The molecular weight excluding hydrogens is 383 g/mol. The van der Waals surface area contributed by atoms with Gasteiger partial charge in [-0.3, -0.25) is 4.79 Å². The van der Waals surface area contributed by atoms with Gasteiger partial charge in [-0.2, -0.15) is 0 Å². The molecule has 0 radical (unpaired) electrons. The molecule has 2 heterocycles. The number of H-pyrrole nitrogens is 1. The zero-order valence-corrected chi connectivity index (χ0v) is 15.5. The fraction of sp³-hybridized carbons (Fsp3) is 0.190. The topological polar surface area (TPSA) is 68.4 Å². The van der Waals surface area contributed by atoms with Crippen LogP contribution in [0.25, 0.3) is 0 Å². The molecular formula is C21H18F3N3O2. The molecule has 1 aromatic heterocycles. The van der Waals surface area contributed by atoms with Gasteiger partial charge in [0.1, 0.15) is 11.4 Å². The first-order chi connectivity index (χ1) is 13.8. The number of benzene rings is 2. The Hall–Kier alpha value is -3.26. The Morgan fingerprint density at radius 3 is 2.55 bits per heavy atom. The minimum Gasteiger partial charge on any atom is -0.380 e. The molecule has 3 aromatic rings. The molecule has 1 fully saturated rings. The highest BCUT2D eigenvalue weighted by molar-refractivity contribution is 6.01. The van der Waals surface area contributed by atoms with E-state index in [1.807, 2.05) is 0 Å². The summed E-state index contributed by atoms with van der Waals surface area (Å²) in [4.78, 5) is 17.1. The molecule has 1 amide bonds. The van der Waals surface area contributed by atoms with Crippen LogP contribution in [0.1, 0.15) is 21.6 Å². The summed E-state index contributed by atoms with van der Waals surface area (Å²) >= 11 is 0. The van der Waals surface area contributed by atoms with E-state index >= 15 is 0 Å². The largest absolute Gasteiger partial charge is 0.380 e. The lowest BCUT2D eigenvalue weighted by molar-refractivity contribution is -0.0888. The smallest absolute Gasteiger partial charge is 0.256 e. The normalized spacial score (nSPS) is 15.1. The molecule has 0 aliphatic carbocycles. The van der Waals surface area contributed by atoms with Crippen molar-refractivity contribution in [2.75, 3.05) is 18.4 Å². The monoisotopic (exact) mass is 401 g/mol. The Kier molecular flexibility index (Phi) is 4.58. The molecule has 0 unspecified atom stereocenters. The van der Waals surface area contributed by atoms with E-state index < -0.39 is 34.6 Å². The molecule has 5 nitrogen and oxygen atoms in total. The molecule has 0 saturated carbocycles. The van der Waals surface area contributed by atoms with Crippen molar-refractivity contribution in [1.82, 2.24) is 9.88 Å². The lowest BCUT2D eigenvalue weighted by Crippen LogP contribution is -2.61. The maximum atomic E-state index is 14.5. The van der Waals surface area contributed by atoms with E-state index in [-0.39, 0.29) is 24.3 Å². The Labute approximate surface area is 164 Å². The summed E-state index contributed by atoms with van der Waals surface area (Å²) in [5.41, 5.74) is -0.694. The third-order valence-corrected chi connectivity index (χ3v) is 5.00. The Bertz CT molecular complexity index is 1080. The predicted molar refractivity (Wildman–Crippen MR) is 101 cm³/mol. The molecule has 150 valence electrons. The number of aromatic nitrogens is 1. The first kappa shape index (κ1) is 19.1. The van der Waals surface area contributed by atoms with Crippen molar-refractivity contribution in [1.29, 1.82) is 0 Å². The average Bonchev–Trinajstić information content (AvgIpc) is 3.19. The van der Waals surface area contributed by atoms with Gasteiger partial charge in [0.15, 0.2) is 11.6 Å². The number of nitrogens with zero attached hydrogens (tertiary/aromatic N) is 1. The second kappa shape index (κ2) is 6.97. The van der Waals surface area contributed by atoms with E-state index in [0.29, 0.717) is 11.3 Å². The van der Waals surface area contributed by atoms with Crippen molar-refractivity contribution in [2.24, 2.45) is 0 Å². The van der Waals surface area contributed by atoms with Crippen molar-refractivity contribution in [2.45, 2.75) is 12.5 Å². The number of anilines is 2. The van der Waals surface area contributed by atoms with Crippen LogP contribution in [0, 0.1) is 24.4 Å². The third kappa shape index (κ3) is 3.36. The van der Waals surface area contributed by atoms with Crippen LogP contribution >= 0.6 is 0 Å². The molecule has 1 aliphatic rings. The minimum absolute atomic E-state index is 0.0102. The average molecular weight is 401 g/mol. The number of amides is 1. The van der Waals surface area contributed by atoms with E-state index in [0.717, 1.165) is 12.1 Å². The Morgan fingerprint density at radius 2 is 1.90 bits per heavy atom. The van der Waals surface area contributed by atoms with Gasteiger partial charge in [0.25, 0.3) is 5.91 Å². The first-order valence-electron chi connectivity index (χ1n) is 8.95. The summed E-state index contributed by atoms with van der Waals surface area (Å²) in [5.74, 6) is -3.70. The molecule has 2 aromatic carbocycles. The van der Waals surface area contributed by atoms with Crippen LogP contribution in [0.4, 0.5) is 24.5 Å². The Balaban J connectivity index is 1.62. The van der Waals surface area contributed by atoms with Crippen LogP contribution in [0.5, 0.6) is 0 Å². The third-order valence-electron chi connectivity index (χ3n) is 5.00. The van der Waals surface area contributed by atoms with E-state index in [4.69, 9.17) is 0 Å². The molecule has 0 bridgehead atoms. The summed E-state index contributed by atoms with van der Waals surface area (Å²) < 4.78 is 42.5. The van der Waals surface area contributed by atoms with Gasteiger partial charge in [-0.05, 0) is 48.9 Å². The highest BCUT2D eigenvalue weighted by atomic mass is 19.2. The second-order valence-corrected chi connectivity index (χ2v) is 7.17. The molecule has 0 atom stereocenters. The van der Waals surface area contributed by atoms with Crippen molar-refractivity contribution in [3.63, 3.8) is 0 Å². The van der Waals surface area contributed by atoms with Crippen molar-refractivity contribution < 1.29 is 23.1 Å². The standard InChI is InChI=1S/C21H18F3N3O2/c1-12-4-7-16(15(23)9-12)26-19-13(5-6-14(22)18(19)24)20(28)27-10-21(29,11-27)17-3-2-8-25-17/h2-9,25-26,29H,10-11H2,1H3. The number of nitrogens with one attached hydrogen (secondary N) is 2. The summed E-state index contributed by atoms with van der Waals surface area (Å²) in [5, 5.41) is 13.1. The molecule has 3 N–H and O–H groups in total. The van der Waals surface area contributed by atoms with Gasteiger partial charge in [-0.15, -0.1) is 0 Å². The van der Waals surface area contributed by atoms with Crippen molar-refractivity contribution in [3.8, 4) is 0 Å². The van der Waals surface area contributed by atoms with Crippen molar-refractivity contribution in [3.05, 3.63) is 82.9 Å². The number of carbonyl (C=O) groups is 1. The number of aryl methyl sites for hydroxylation is 1. The number of rotatable bonds is 4. The van der Waals surface area contributed by atoms with E-state index in [1.165, 1.54) is 17.0 Å². The molecule has 0 spiro atoms. The van der Waals surface area contributed by atoms with E-state index in [1.54, 1.807) is 31.3 Å². The van der Waals surface area contributed by atoms with Crippen LogP contribution in [0.15, 0.2) is 48.7 Å². The van der Waals surface area contributed by atoms with E-state index in [2.05, 4.69) is 10.3 Å². The highest BCUT2D eigenvalue weighted by Crippen LogP contribution is 2.35. The number of aromatic amines is 1. The van der Waals surface area contributed by atoms with E-state index in [9.17, 15) is 23.1 Å². The fourth-order valence-electron chi connectivity index (χ4n) is 3.40. The maximum Gasteiger partial charge on any atom is 0.256 e. The van der Waals surface area contributed by atoms with Gasteiger partial charge < -0.3 is 20.3 Å². The molecule has 29 heavy (non-hydrogen) atoms. The summed E-state index contributed by atoms with van der Waals surface area (Å²) in [7, 11) is 0. The zero-order chi connectivity index (χ0) is 20.8. The summed E-state index contributed by atoms with van der Waals surface area (Å²) in [6, 6.07) is 9.65. The number of halogens is 3. The number of likely N-dealkylation sites (tertiary alicyclic amines) is 1. The molecule has 4 rings (SSSR count). The van der Waals surface area contributed by atoms with Gasteiger partial charge in [0.05, 0.1) is 35.7 Å². The van der Waals surface area contributed by atoms with Crippen LogP contribution in [-0.2, 0) is 5.60 Å². The van der Waals surface area contributed by atoms with Gasteiger partial charge in [-0.25, -0.2) is 13.2 Å². The lowest BCUT2D eigenvalue weighted by Gasteiger charge is -2.46. The quantitative estimate of drug-likeness (QED) is 0.623. The number of hydrogen-bond donors (Lipinski definition) is 3. The highest BCUT2D eigenvalue weighted by Gasteiger charge is 2.46. The zero-order valence-electron chi connectivity index (χ0n) is 15.5. The van der Waals surface area contributed by atoms with Gasteiger partial charge >= 0.3 is 0 Å². The molecule has 1 aliphatic heterocycles. The second-order valence-electron chi connectivity index (χ2n) is 7.17. The molecule has 8 heteroatoms. The maximum absolute atomic E-state index is 14.5. The van der Waals surface area contributed by atoms with Gasteiger partial charge in [0.2, 0.25) is 0 Å². The number of β-amino-alcohol motifs (C(OH)–C–C–N with tert-alkyl or cyclic N) is 1. The van der Waals surface area contributed by atoms with Crippen LogP contribution in [-0.4, -0.2) is 34.0 Å². The first-order valence-corrected chi connectivity index (χ1v) is 8.95. The summed E-state index contributed by atoms with van der Waals surface area (Å²) in [6.07, 6.45) is 1.66. The van der Waals surface area contributed by atoms with Crippen LogP contribution in [0.3, 0.4) is 0 Å².